The number of rotatable bonds is 8. The van der Waals surface area contributed by atoms with Crippen molar-refractivity contribution in [3.8, 4) is 11.5 Å². The van der Waals surface area contributed by atoms with Gasteiger partial charge >= 0.3 is 12.1 Å². The molecule has 2 aromatic carbocycles. The van der Waals surface area contributed by atoms with Gasteiger partial charge in [0.2, 0.25) is 0 Å². The molecule has 0 fully saturated rings. The van der Waals surface area contributed by atoms with Gasteiger partial charge in [-0.25, -0.2) is 9.59 Å². The fourth-order valence-corrected chi connectivity index (χ4v) is 2.86. The van der Waals surface area contributed by atoms with Gasteiger partial charge in [0.05, 0.1) is 25.6 Å². The highest BCUT2D eigenvalue weighted by Gasteiger charge is 2.06. The van der Waals surface area contributed by atoms with Gasteiger partial charge in [0.15, 0.2) is 0 Å². The number of hydrogen-bond acceptors (Lipinski definition) is 5. The van der Waals surface area contributed by atoms with Crippen LogP contribution in [0.15, 0.2) is 94.2 Å². The van der Waals surface area contributed by atoms with E-state index in [2.05, 4.69) is 21.3 Å². The zero-order valence-electron chi connectivity index (χ0n) is 17.5. The van der Waals surface area contributed by atoms with Crippen molar-refractivity contribution in [2.24, 2.45) is 0 Å². The van der Waals surface area contributed by atoms with Crippen molar-refractivity contribution in [2.45, 2.75) is 13.1 Å². The van der Waals surface area contributed by atoms with Crippen LogP contribution in [0.5, 0.6) is 11.5 Å². The Balaban J connectivity index is 1.22. The minimum Gasteiger partial charge on any atom is -0.467 e. The third-order valence-electron chi connectivity index (χ3n) is 4.47. The molecule has 0 saturated carbocycles. The van der Waals surface area contributed by atoms with Gasteiger partial charge in [-0.15, -0.1) is 0 Å². The minimum atomic E-state index is -0.337. The maximum atomic E-state index is 12.0. The summed E-state index contributed by atoms with van der Waals surface area (Å²) in [6.07, 6.45) is 3.11. The number of anilines is 2. The summed E-state index contributed by atoms with van der Waals surface area (Å²) in [6.45, 7) is 0.604. The van der Waals surface area contributed by atoms with Crippen LogP contribution in [-0.4, -0.2) is 12.1 Å². The van der Waals surface area contributed by atoms with Crippen LogP contribution in [0.4, 0.5) is 21.0 Å². The Bertz CT molecular complexity index is 1060. The molecule has 0 atom stereocenters. The molecule has 4 N–H and O–H groups in total. The maximum Gasteiger partial charge on any atom is 0.319 e. The van der Waals surface area contributed by atoms with E-state index in [1.165, 1.54) is 0 Å². The van der Waals surface area contributed by atoms with Crippen LogP contribution in [0.25, 0.3) is 0 Å². The summed E-state index contributed by atoms with van der Waals surface area (Å²) >= 11 is 0. The van der Waals surface area contributed by atoms with Gasteiger partial charge in [-0.3, -0.25) is 0 Å². The quantitative estimate of drug-likeness (QED) is 0.293. The van der Waals surface area contributed by atoms with Crippen molar-refractivity contribution in [3.05, 3.63) is 96.8 Å². The minimum absolute atomic E-state index is 0.302. The molecule has 0 bridgehead atoms. The second-order valence-corrected chi connectivity index (χ2v) is 6.92. The molecule has 0 unspecified atom stereocenters. The van der Waals surface area contributed by atoms with Gasteiger partial charge in [0.1, 0.15) is 23.0 Å². The van der Waals surface area contributed by atoms with E-state index in [1.54, 1.807) is 85.3 Å². The first-order valence-corrected chi connectivity index (χ1v) is 10.2. The number of carbonyl (C=O) groups excluding carboxylic acids is 2. The van der Waals surface area contributed by atoms with Crippen molar-refractivity contribution in [3.63, 3.8) is 0 Å². The van der Waals surface area contributed by atoms with Gasteiger partial charge < -0.3 is 34.8 Å². The molecular weight excluding hydrogens is 424 g/mol. The molecule has 0 spiro atoms. The summed E-state index contributed by atoms with van der Waals surface area (Å²) in [6, 6.07) is 20.4. The van der Waals surface area contributed by atoms with E-state index < -0.39 is 0 Å². The first-order valence-electron chi connectivity index (χ1n) is 10.2. The van der Waals surface area contributed by atoms with E-state index in [4.69, 9.17) is 13.6 Å². The van der Waals surface area contributed by atoms with E-state index in [1.807, 2.05) is 0 Å². The lowest BCUT2D eigenvalue weighted by Crippen LogP contribution is -2.27. The summed E-state index contributed by atoms with van der Waals surface area (Å²) in [5, 5.41) is 10.9. The zero-order chi connectivity index (χ0) is 22.9. The number of furan rings is 2. The van der Waals surface area contributed by atoms with Crippen LogP contribution in [-0.2, 0) is 13.1 Å². The molecule has 9 heteroatoms. The van der Waals surface area contributed by atoms with Crippen molar-refractivity contribution in [1.29, 1.82) is 0 Å². The van der Waals surface area contributed by atoms with Crippen molar-refractivity contribution < 1.29 is 23.2 Å². The average molecular weight is 446 g/mol. The molecule has 0 radical (unpaired) electrons. The van der Waals surface area contributed by atoms with Gasteiger partial charge in [0.25, 0.3) is 0 Å². The highest BCUT2D eigenvalue weighted by atomic mass is 16.5. The lowest BCUT2D eigenvalue weighted by atomic mass is 10.3. The fraction of sp³-hybridized carbons (Fsp3) is 0.0833. The largest absolute Gasteiger partial charge is 0.467 e. The second-order valence-electron chi connectivity index (χ2n) is 6.92. The Hall–Kier alpha value is -4.66. The predicted molar refractivity (Wildman–Crippen MR) is 122 cm³/mol. The normalized spacial score (nSPS) is 10.3. The Labute approximate surface area is 189 Å². The third kappa shape index (κ3) is 6.66. The molecule has 0 aliphatic rings. The molecule has 2 aromatic heterocycles. The second kappa shape index (κ2) is 10.6. The van der Waals surface area contributed by atoms with Crippen LogP contribution >= 0.6 is 0 Å². The Kier molecular flexibility index (Phi) is 6.92. The lowest BCUT2D eigenvalue weighted by Gasteiger charge is -2.10. The molecule has 0 aliphatic heterocycles. The number of nitrogens with one attached hydrogen (secondary N) is 4. The summed E-state index contributed by atoms with van der Waals surface area (Å²) < 4.78 is 16.2. The Morgan fingerprint density at radius 3 is 1.42 bits per heavy atom. The lowest BCUT2D eigenvalue weighted by molar-refractivity contribution is 0.250. The summed E-state index contributed by atoms with van der Waals surface area (Å²) in [7, 11) is 0. The number of amides is 4. The topological polar surface area (TPSA) is 118 Å². The summed E-state index contributed by atoms with van der Waals surface area (Å²) in [5.41, 5.74) is 1.25. The van der Waals surface area contributed by atoms with E-state index in [9.17, 15) is 9.59 Å². The van der Waals surface area contributed by atoms with Gasteiger partial charge in [-0.2, -0.15) is 0 Å². The molecule has 33 heavy (non-hydrogen) atoms. The highest BCUT2D eigenvalue weighted by molar-refractivity contribution is 5.89. The van der Waals surface area contributed by atoms with Crippen LogP contribution < -0.4 is 26.0 Å². The molecule has 4 rings (SSSR count). The molecule has 9 nitrogen and oxygen atoms in total. The number of urea groups is 2. The molecule has 0 aliphatic carbocycles. The average Bonchev–Trinajstić information content (AvgIpc) is 3.53. The fourth-order valence-electron chi connectivity index (χ4n) is 2.86. The highest BCUT2D eigenvalue weighted by Crippen LogP contribution is 2.24. The van der Waals surface area contributed by atoms with Crippen LogP contribution in [0.3, 0.4) is 0 Å². The SMILES string of the molecule is O=C(NCc1ccco1)Nc1ccc(Oc2ccc(NC(=O)NCc3ccco3)cc2)cc1. The number of carbonyl (C=O) groups is 2. The van der Waals surface area contributed by atoms with E-state index in [0.29, 0.717) is 47.5 Å². The van der Waals surface area contributed by atoms with Gasteiger partial charge in [-0.1, -0.05) is 0 Å². The molecule has 168 valence electrons. The number of ether oxygens (including phenoxy) is 1. The zero-order valence-corrected chi connectivity index (χ0v) is 17.5. The van der Waals surface area contributed by atoms with Crippen molar-refractivity contribution >= 4 is 23.4 Å². The van der Waals surface area contributed by atoms with Crippen molar-refractivity contribution in [2.75, 3.05) is 10.6 Å². The molecule has 4 amide bonds. The summed E-state index contributed by atoms with van der Waals surface area (Å²) in [5.74, 6) is 2.55. The molecular formula is C24H22N4O5. The number of benzene rings is 2. The van der Waals surface area contributed by atoms with E-state index in [0.717, 1.165) is 0 Å². The van der Waals surface area contributed by atoms with E-state index in [-0.39, 0.29) is 12.1 Å². The Morgan fingerprint density at radius 2 is 1.06 bits per heavy atom. The van der Waals surface area contributed by atoms with Crippen LogP contribution in [0.1, 0.15) is 11.5 Å². The smallest absolute Gasteiger partial charge is 0.319 e. The standard InChI is InChI=1S/C24H22N4O5/c29-23(25-15-21-3-1-13-31-21)27-17-5-9-19(10-6-17)33-20-11-7-18(8-12-20)28-24(30)26-16-22-4-2-14-32-22/h1-14H,15-16H2,(H2,25,27,29)(H2,26,28,30). The predicted octanol–water partition coefficient (Wildman–Crippen LogP) is 5.31. The maximum absolute atomic E-state index is 12.0. The first kappa shape index (κ1) is 21.6. The monoisotopic (exact) mass is 446 g/mol. The van der Waals surface area contributed by atoms with Crippen LogP contribution in [0.2, 0.25) is 0 Å². The van der Waals surface area contributed by atoms with Crippen LogP contribution in [0, 0.1) is 0 Å². The van der Waals surface area contributed by atoms with E-state index >= 15 is 0 Å². The number of hydrogen-bond donors (Lipinski definition) is 4. The first-order chi connectivity index (χ1) is 16.1. The Morgan fingerprint density at radius 1 is 0.636 bits per heavy atom. The molecule has 4 aromatic rings. The van der Waals surface area contributed by atoms with Crippen molar-refractivity contribution in [1.82, 2.24) is 10.6 Å². The third-order valence-corrected chi connectivity index (χ3v) is 4.47. The summed E-state index contributed by atoms with van der Waals surface area (Å²) in [4.78, 5) is 23.9. The molecule has 2 heterocycles. The van der Waals surface area contributed by atoms with Gasteiger partial charge in [0, 0.05) is 11.4 Å². The van der Waals surface area contributed by atoms with Gasteiger partial charge in [-0.05, 0) is 72.8 Å². The molecule has 0 saturated heterocycles.